The van der Waals surface area contributed by atoms with Crippen LogP contribution in [-0.4, -0.2) is 25.8 Å². The molecule has 3 heterocycles. The van der Waals surface area contributed by atoms with Gasteiger partial charge < -0.3 is 9.97 Å². The average Bonchev–Trinajstić information content (AvgIpc) is 2.96. The molecule has 0 saturated carbocycles. The third kappa shape index (κ3) is 2.08. The van der Waals surface area contributed by atoms with Gasteiger partial charge in [0.2, 0.25) is 5.95 Å². The number of H-pyrrole nitrogens is 2. The number of pyridine rings is 1. The first-order valence-corrected chi connectivity index (χ1v) is 5.91. The highest BCUT2D eigenvalue weighted by Gasteiger charge is 2.15. The molecule has 0 aliphatic carbocycles. The van der Waals surface area contributed by atoms with Crippen LogP contribution in [0.5, 0.6) is 0 Å². The van der Waals surface area contributed by atoms with E-state index in [2.05, 4.69) is 25.3 Å². The Kier molecular flexibility index (Phi) is 2.56. The van der Waals surface area contributed by atoms with Crippen molar-refractivity contribution in [1.82, 2.24) is 19.9 Å². The van der Waals surface area contributed by atoms with Gasteiger partial charge in [0.15, 0.2) is 5.69 Å². The van der Waals surface area contributed by atoms with E-state index in [9.17, 15) is 4.79 Å². The Morgan fingerprint density at radius 2 is 2.21 bits per heavy atom. The van der Waals surface area contributed by atoms with Crippen molar-refractivity contribution in [3.8, 4) is 0 Å². The molecule has 96 valence electrons. The number of nitrogens with one attached hydrogen (secondary N) is 3. The van der Waals surface area contributed by atoms with Gasteiger partial charge in [-0.1, -0.05) is 0 Å². The fourth-order valence-electron chi connectivity index (χ4n) is 2.00. The molecule has 0 radical (unpaired) electrons. The molecule has 3 N–H and O–H groups in total. The molecule has 0 aliphatic rings. The molecule has 0 atom stereocenters. The minimum atomic E-state index is -0.287. The Labute approximate surface area is 109 Å². The lowest BCUT2D eigenvalue weighted by Crippen LogP contribution is -2.15. The smallest absolute Gasteiger partial charge is 0.278 e. The molecule has 3 rings (SSSR count). The Morgan fingerprint density at radius 1 is 1.37 bits per heavy atom. The summed E-state index contributed by atoms with van der Waals surface area (Å²) in [5.41, 5.74) is 2.78. The van der Waals surface area contributed by atoms with Crippen LogP contribution in [0, 0.1) is 13.8 Å². The fraction of sp³-hybridized carbons (Fsp3) is 0.154. The maximum Gasteiger partial charge on any atom is 0.278 e. The highest BCUT2D eigenvalue weighted by Crippen LogP contribution is 2.17. The second kappa shape index (κ2) is 4.24. The zero-order valence-corrected chi connectivity index (χ0v) is 10.6. The van der Waals surface area contributed by atoms with E-state index < -0.39 is 0 Å². The molecular formula is C13H13N5O. The van der Waals surface area contributed by atoms with Gasteiger partial charge in [0, 0.05) is 29.2 Å². The second-order valence-electron chi connectivity index (χ2n) is 4.42. The highest BCUT2D eigenvalue weighted by molar-refractivity contribution is 6.09. The van der Waals surface area contributed by atoms with Gasteiger partial charge in [-0.15, -0.1) is 0 Å². The molecule has 3 aromatic rings. The number of amides is 1. The Hall–Kier alpha value is -2.63. The Morgan fingerprint density at radius 3 is 2.95 bits per heavy atom. The van der Waals surface area contributed by atoms with Crippen LogP contribution < -0.4 is 5.32 Å². The van der Waals surface area contributed by atoms with Crippen molar-refractivity contribution in [1.29, 1.82) is 0 Å². The molecule has 0 aliphatic heterocycles. The number of aromatic nitrogens is 4. The number of anilines is 1. The first-order chi connectivity index (χ1) is 9.13. The summed E-state index contributed by atoms with van der Waals surface area (Å²) in [6.07, 6.45) is 3.45. The van der Waals surface area contributed by atoms with E-state index in [1.54, 1.807) is 12.4 Å². The number of aromatic amines is 2. The molecule has 1 amide bonds. The van der Waals surface area contributed by atoms with E-state index in [-0.39, 0.29) is 5.91 Å². The first-order valence-electron chi connectivity index (χ1n) is 5.91. The van der Waals surface area contributed by atoms with Crippen molar-refractivity contribution in [3.63, 3.8) is 0 Å². The van der Waals surface area contributed by atoms with Crippen LogP contribution >= 0.6 is 0 Å². The number of rotatable bonds is 2. The third-order valence-electron chi connectivity index (χ3n) is 2.82. The molecule has 0 spiro atoms. The van der Waals surface area contributed by atoms with E-state index >= 15 is 0 Å². The zero-order chi connectivity index (χ0) is 13.4. The topological polar surface area (TPSA) is 86.5 Å². The summed E-state index contributed by atoms with van der Waals surface area (Å²) in [6.45, 7) is 3.73. The lowest BCUT2D eigenvalue weighted by Gasteiger charge is -2.04. The van der Waals surface area contributed by atoms with Crippen molar-refractivity contribution in [2.45, 2.75) is 13.8 Å². The van der Waals surface area contributed by atoms with E-state index in [0.29, 0.717) is 11.6 Å². The monoisotopic (exact) mass is 255 g/mol. The fourth-order valence-corrected chi connectivity index (χ4v) is 2.00. The third-order valence-corrected chi connectivity index (χ3v) is 2.82. The molecule has 0 saturated heterocycles. The number of hydrogen-bond donors (Lipinski definition) is 3. The summed E-state index contributed by atoms with van der Waals surface area (Å²) in [5.74, 6) is 0.135. The predicted octanol–water partition coefficient (Wildman–Crippen LogP) is 2.16. The van der Waals surface area contributed by atoms with Gasteiger partial charge in [-0.05, 0) is 26.0 Å². The van der Waals surface area contributed by atoms with Gasteiger partial charge in [0.1, 0.15) is 0 Å². The summed E-state index contributed by atoms with van der Waals surface area (Å²) in [7, 11) is 0. The van der Waals surface area contributed by atoms with Gasteiger partial charge in [-0.3, -0.25) is 10.1 Å². The molecule has 0 fully saturated rings. The minimum Gasteiger partial charge on any atom is -0.359 e. The summed E-state index contributed by atoms with van der Waals surface area (Å²) < 4.78 is 0. The van der Waals surface area contributed by atoms with Gasteiger partial charge in [-0.2, -0.15) is 0 Å². The van der Waals surface area contributed by atoms with Crippen LogP contribution in [0.4, 0.5) is 5.95 Å². The predicted molar refractivity (Wildman–Crippen MR) is 72.1 cm³/mol. The number of hydrogen-bond acceptors (Lipinski definition) is 3. The summed E-state index contributed by atoms with van der Waals surface area (Å²) in [4.78, 5) is 26.6. The highest BCUT2D eigenvalue weighted by atomic mass is 16.2. The maximum absolute atomic E-state index is 12.2. The van der Waals surface area contributed by atoms with Crippen LogP contribution in [0.25, 0.3) is 10.9 Å². The lowest BCUT2D eigenvalue weighted by atomic mass is 10.2. The molecule has 0 bridgehead atoms. The standard InChI is InChI=1S/C13H13N5O/c1-7-5-9-3-4-14-10(9)11(16-7)12(19)18-13-15-6-8(2)17-13/h3-6,14H,1-2H3,(H2,15,17,18,19). The van der Waals surface area contributed by atoms with Crippen LogP contribution in [-0.2, 0) is 0 Å². The summed E-state index contributed by atoms with van der Waals surface area (Å²) in [5, 5.41) is 3.67. The van der Waals surface area contributed by atoms with E-state index in [0.717, 1.165) is 22.3 Å². The zero-order valence-electron chi connectivity index (χ0n) is 10.6. The normalized spacial score (nSPS) is 10.8. The summed E-state index contributed by atoms with van der Waals surface area (Å²) in [6, 6.07) is 3.84. The van der Waals surface area contributed by atoms with Crippen LogP contribution in [0.15, 0.2) is 24.5 Å². The van der Waals surface area contributed by atoms with Crippen molar-refractivity contribution < 1.29 is 4.79 Å². The number of imidazole rings is 1. The number of carbonyl (C=O) groups excluding carboxylic acids is 1. The van der Waals surface area contributed by atoms with Gasteiger partial charge in [0.25, 0.3) is 5.91 Å². The van der Waals surface area contributed by atoms with E-state index in [4.69, 9.17) is 0 Å². The summed E-state index contributed by atoms with van der Waals surface area (Å²) >= 11 is 0. The van der Waals surface area contributed by atoms with Crippen LogP contribution in [0.1, 0.15) is 21.9 Å². The maximum atomic E-state index is 12.2. The lowest BCUT2D eigenvalue weighted by molar-refractivity contribution is 0.102. The largest absolute Gasteiger partial charge is 0.359 e. The van der Waals surface area contributed by atoms with Crippen LogP contribution in [0.2, 0.25) is 0 Å². The second-order valence-corrected chi connectivity index (χ2v) is 4.42. The molecule has 6 nitrogen and oxygen atoms in total. The Balaban J connectivity index is 1.99. The SMILES string of the molecule is Cc1cc2cc[nH]c2c(C(=O)Nc2ncc(C)[nH]2)n1. The molecule has 19 heavy (non-hydrogen) atoms. The van der Waals surface area contributed by atoms with Gasteiger partial charge >= 0.3 is 0 Å². The minimum absolute atomic E-state index is 0.287. The number of nitrogens with zero attached hydrogens (tertiary/aromatic N) is 2. The average molecular weight is 255 g/mol. The van der Waals surface area contributed by atoms with E-state index in [1.807, 2.05) is 26.0 Å². The first kappa shape index (κ1) is 11.5. The molecule has 0 aromatic carbocycles. The quantitative estimate of drug-likeness (QED) is 0.655. The van der Waals surface area contributed by atoms with E-state index in [1.165, 1.54) is 0 Å². The number of carbonyl (C=O) groups is 1. The van der Waals surface area contributed by atoms with Crippen molar-refractivity contribution >= 4 is 22.8 Å². The van der Waals surface area contributed by atoms with Crippen LogP contribution in [0.3, 0.4) is 0 Å². The number of aryl methyl sites for hydroxylation is 2. The van der Waals surface area contributed by atoms with Crippen molar-refractivity contribution in [3.05, 3.63) is 41.6 Å². The molecule has 3 aromatic heterocycles. The number of fused-ring (bicyclic) bond motifs is 1. The van der Waals surface area contributed by atoms with Gasteiger partial charge in [0.05, 0.1) is 5.52 Å². The van der Waals surface area contributed by atoms with Gasteiger partial charge in [-0.25, -0.2) is 9.97 Å². The molecule has 0 unspecified atom stereocenters. The molecule has 6 heteroatoms. The van der Waals surface area contributed by atoms with Crippen molar-refractivity contribution in [2.24, 2.45) is 0 Å². The van der Waals surface area contributed by atoms with Crippen molar-refractivity contribution in [2.75, 3.05) is 5.32 Å². The Bertz CT molecular complexity index is 755. The molecular weight excluding hydrogens is 242 g/mol.